The average Bonchev–Trinajstić information content (AvgIpc) is 3.09. The number of amides is 1. The Morgan fingerprint density at radius 2 is 2.03 bits per heavy atom. The summed E-state index contributed by atoms with van der Waals surface area (Å²) in [6.07, 6.45) is 0. The summed E-state index contributed by atoms with van der Waals surface area (Å²) in [6.45, 7) is -0.0146. The molecule has 0 saturated carbocycles. The van der Waals surface area contributed by atoms with Gasteiger partial charge in [0.05, 0.1) is 30.5 Å². The second-order valence-corrected chi connectivity index (χ2v) is 7.70. The molecule has 0 radical (unpaired) electrons. The number of ether oxygens (including phenoxy) is 3. The van der Waals surface area contributed by atoms with Crippen molar-refractivity contribution < 1.29 is 27.8 Å². The number of hydrogen-bond donors (Lipinski definition) is 1. The smallest absolute Gasteiger partial charge is 0.387 e. The maximum atomic E-state index is 12.6. The number of methoxy groups -OCH3 is 1. The van der Waals surface area contributed by atoms with Gasteiger partial charge in [-0.3, -0.25) is 9.69 Å². The van der Waals surface area contributed by atoms with E-state index in [0.717, 1.165) is 16.0 Å². The average molecular weight is 451 g/mol. The van der Waals surface area contributed by atoms with Crippen molar-refractivity contribution in [3.8, 4) is 17.2 Å². The van der Waals surface area contributed by atoms with E-state index in [1.165, 1.54) is 24.5 Å². The Hall–Kier alpha value is -2.98. The standard InChI is InChI=1S/C21H23F2N3O4S/c1-4-29-14-6-7-15-18(10-14)31-21(24-15)25-19(27)12-26(2)11-13-5-8-16(28-3)17(9-13)30-20(22)23/h5-10,20H,4,11-12H2,1-3H3,(H,24,25,27). The Labute approximate surface area is 182 Å². The molecule has 0 atom stereocenters. The Morgan fingerprint density at radius 1 is 1.23 bits per heavy atom. The number of anilines is 1. The molecule has 3 rings (SSSR count). The highest BCUT2D eigenvalue weighted by molar-refractivity contribution is 7.22. The van der Waals surface area contributed by atoms with Crippen LogP contribution in [-0.4, -0.2) is 49.7 Å². The summed E-state index contributed by atoms with van der Waals surface area (Å²) in [6, 6.07) is 10.3. The lowest BCUT2D eigenvalue weighted by molar-refractivity contribution is -0.117. The van der Waals surface area contributed by atoms with Crippen LogP contribution in [0.3, 0.4) is 0 Å². The van der Waals surface area contributed by atoms with Crippen LogP contribution in [0.4, 0.5) is 13.9 Å². The van der Waals surface area contributed by atoms with Crippen molar-refractivity contribution in [2.45, 2.75) is 20.1 Å². The number of carbonyl (C=O) groups excluding carboxylic acids is 1. The second kappa shape index (κ2) is 10.4. The zero-order valence-electron chi connectivity index (χ0n) is 17.4. The molecule has 1 amide bonds. The van der Waals surface area contributed by atoms with Crippen LogP contribution in [0.1, 0.15) is 12.5 Å². The number of hydrogen-bond acceptors (Lipinski definition) is 7. The molecule has 1 heterocycles. The van der Waals surface area contributed by atoms with Crippen molar-refractivity contribution in [1.29, 1.82) is 0 Å². The van der Waals surface area contributed by atoms with E-state index < -0.39 is 6.61 Å². The number of likely N-dealkylation sites (N-methyl/N-ethyl adjacent to an activating group) is 1. The zero-order chi connectivity index (χ0) is 22.4. The lowest BCUT2D eigenvalue weighted by Gasteiger charge is -2.17. The maximum Gasteiger partial charge on any atom is 0.387 e. The SMILES string of the molecule is CCOc1ccc2nc(NC(=O)CN(C)Cc3ccc(OC)c(OC(F)F)c3)sc2c1. The fraction of sp³-hybridized carbons (Fsp3) is 0.333. The Morgan fingerprint density at radius 3 is 2.74 bits per heavy atom. The first-order chi connectivity index (χ1) is 14.9. The summed E-state index contributed by atoms with van der Waals surface area (Å²) >= 11 is 1.37. The lowest BCUT2D eigenvalue weighted by atomic mass is 10.2. The van der Waals surface area contributed by atoms with E-state index in [0.29, 0.717) is 23.8 Å². The molecule has 31 heavy (non-hydrogen) atoms. The van der Waals surface area contributed by atoms with Gasteiger partial charge in [-0.25, -0.2) is 4.98 Å². The summed E-state index contributed by atoms with van der Waals surface area (Å²) in [7, 11) is 3.13. The Kier molecular flexibility index (Phi) is 7.59. The first-order valence-corrected chi connectivity index (χ1v) is 10.3. The third kappa shape index (κ3) is 6.25. The van der Waals surface area contributed by atoms with Crippen molar-refractivity contribution in [3.63, 3.8) is 0 Å². The second-order valence-electron chi connectivity index (χ2n) is 6.67. The third-order valence-corrected chi connectivity index (χ3v) is 5.16. The number of rotatable bonds is 10. The van der Waals surface area contributed by atoms with E-state index in [4.69, 9.17) is 9.47 Å². The predicted molar refractivity (Wildman–Crippen MR) is 115 cm³/mol. The number of nitrogens with one attached hydrogen (secondary N) is 1. The van der Waals surface area contributed by atoms with E-state index in [1.807, 2.05) is 25.1 Å². The van der Waals surface area contributed by atoms with Gasteiger partial charge in [0.2, 0.25) is 5.91 Å². The fourth-order valence-corrected chi connectivity index (χ4v) is 3.90. The maximum absolute atomic E-state index is 12.6. The molecule has 0 spiro atoms. The predicted octanol–water partition coefficient (Wildman–Crippen LogP) is 4.38. The van der Waals surface area contributed by atoms with Gasteiger partial charge in [-0.15, -0.1) is 0 Å². The van der Waals surface area contributed by atoms with Crippen LogP contribution in [-0.2, 0) is 11.3 Å². The monoisotopic (exact) mass is 451 g/mol. The molecule has 166 valence electrons. The summed E-state index contributed by atoms with van der Waals surface area (Å²) in [4.78, 5) is 18.6. The van der Waals surface area contributed by atoms with Crippen LogP contribution in [0.25, 0.3) is 10.2 Å². The number of aromatic nitrogens is 1. The number of fused-ring (bicyclic) bond motifs is 1. The largest absolute Gasteiger partial charge is 0.494 e. The number of nitrogens with zero attached hydrogens (tertiary/aromatic N) is 2. The highest BCUT2D eigenvalue weighted by Crippen LogP contribution is 2.30. The molecule has 0 fully saturated rings. The van der Waals surface area contributed by atoms with Gasteiger partial charge in [-0.05, 0) is 49.9 Å². The van der Waals surface area contributed by atoms with E-state index in [2.05, 4.69) is 15.0 Å². The first kappa shape index (κ1) is 22.7. The minimum absolute atomic E-state index is 0.0475. The molecule has 0 aliphatic rings. The molecule has 0 aliphatic heterocycles. The molecule has 3 aromatic rings. The summed E-state index contributed by atoms with van der Waals surface area (Å²) in [5.74, 6) is 0.691. The van der Waals surface area contributed by atoms with Crippen LogP contribution in [0, 0.1) is 0 Å². The van der Waals surface area contributed by atoms with Gasteiger partial charge in [-0.1, -0.05) is 17.4 Å². The van der Waals surface area contributed by atoms with Crippen LogP contribution < -0.4 is 19.5 Å². The zero-order valence-corrected chi connectivity index (χ0v) is 18.2. The molecule has 10 heteroatoms. The molecule has 0 saturated heterocycles. The number of alkyl halides is 2. The molecule has 0 unspecified atom stereocenters. The van der Waals surface area contributed by atoms with Crippen molar-refractivity contribution in [2.24, 2.45) is 0 Å². The van der Waals surface area contributed by atoms with Crippen LogP contribution in [0.5, 0.6) is 17.2 Å². The van der Waals surface area contributed by atoms with Crippen molar-refractivity contribution in [3.05, 3.63) is 42.0 Å². The van der Waals surface area contributed by atoms with Gasteiger partial charge in [0.25, 0.3) is 0 Å². The van der Waals surface area contributed by atoms with E-state index in [9.17, 15) is 13.6 Å². The third-order valence-electron chi connectivity index (χ3n) is 4.23. The minimum atomic E-state index is -2.95. The molecular formula is C21H23F2N3O4S. The van der Waals surface area contributed by atoms with Crippen LogP contribution in [0.2, 0.25) is 0 Å². The number of benzene rings is 2. The topological polar surface area (TPSA) is 72.9 Å². The van der Waals surface area contributed by atoms with Crippen molar-refractivity contribution in [1.82, 2.24) is 9.88 Å². The quantitative estimate of drug-likeness (QED) is 0.493. The highest BCUT2D eigenvalue weighted by atomic mass is 32.1. The number of halogens is 2. The van der Waals surface area contributed by atoms with E-state index >= 15 is 0 Å². The number of carbonyl (C=O) groups is 1. The fourth-order valence-electron chi connectivity index (χ4n) is 2.99. The molecule has 1 aromatic heterocycles. The van der Waals surface area contributed by atoms with Gasteiger partial charge in [0.15, 0.2) is 16.6 Å². The van der Waals surface area contributed by atoms with Gasteiger partial charge in [0, 0.05) is 6.54 Å². The molecule has 7 nitrogen and oxygen atoms in total. The van der Waals surface area contributed by atoms with Crippen LogP contribution in [0.15, 0.2) is 36.4 Å². The Balaban J connectivity index is 1.60. The van der Waals surface area contributed by atoms with Gasteiger partial charge in [0.1, 0.15) is 5.75 Å². The van der Waals surface area contributed by atoms with E-state index in [-0.39, 0.29) is 24.0 Å². The summed E-state index contributed by atoms with van der Waals surface area (Å²) in [5, 5.41) is 3.30. The summed E-state index contributed by atoms with van der Waals surface area (Å²) < 4.78 is 41.1. The van der Waals surface area contributed by atoms with E-state index in [1.54, 1.807) is 24.1 Å². The lowest BCUT2D eigenvalue weighted by Crippen LogP contribution is -2.29. The first-order valence-electron chi connectivity index (χ1n) is 9.51. The number of thiazole rings is 1. The summed E-state index contributed by atoms with van der Waals surface area (Å²) in [5.41, 5.74) is 1.48. The van der Waals surface area contributed by atoms with Gasteiger partial charge < -0.3 is 19.5 Å². The molecule has 0 aliphatic carbocycles. The molecule has 1 N–H and O–H groups in total. The van der Waals surface area contributed by atoms with Gasteiger partial charge >= 0.3 is 6.61 Å². The highest BCUT2D eigenvalue weighted by Gasteiger charge is 2.14. The molecule has 2 aromatic carbocycles. The van der Waals surface area contributed by atoms with Crippen molar-refractivity contribution >= 4 is 32.6 Å². The normalized spacial score (nSPS) is 11.2. The Bertz CT molecular complexity index is 1040. The van der Waals surface area contributed by atoms with Crippen LogP contribution >= 0.6 is 11.3 Å². The van der Waals surface area contributed by atoms with Gasteiger partial charge in [-0.2, -0.15) is 8.78 Å². The molecule has 0 bridgehead atoms. The van der Waals surface area contributed by atoms with Crippen molar-refractivity contribution in [2.75, 3.05) is 32.6 Å². The molecular weight excluding hydrogens is 428 g/mol. The minimum Gasteiger partial charge on any atom is -0.494 e.